The van der Waals surface area contributed by atoms with Crippen LogP contribution >= 0.6 is 23.7 Å². The van der Waals surface area contributed by atoms with Gasteiger partial charge >= 0.3 is 0 Å². The standard InChI is InChI=1S/C16H17NO3S3/c1-21-17-12-2-4-13(5-3-12)20-14-6-8-16(9-7-14)23(18,19)11-15-10-22-15/h2-9,15,17H,10-11H2,1H3. The molecule has 1 fully saturated rings. The van der Waals surface area contributed by atoms with E-state index < -0.39 is 9.84 Å². The van der Waals surface area contributed by atoms with Crippen LogP contribution in [0.3, 0.4) is 0 Å². The van der Waals surface area contributed by atoms with E-state index in [4.69, 9.17) is 4.74 Å². The monoisotopic (exact) mass is 367 g/mol. The molecule has 0 aliphatic carbocycles. The normalized spacial score (nSPS) is 16.8. The van der Waals surface area contributed by atoms with E-state index in [2.05, 4.69) is 4.72 Å². The van der Waals surface area contributed by atoms with E-state index in [1.807, 2.05) is 30.5 Å². The topological polar surface area (TPSA) is 55.4 Å². The maximum atomic E-state index is 12.2. The van der Waals surface area contributed by atoms with Gasteiger partial charge in [0.25, 0.3) is 0 Å². The Labute approximate surface area is 145 Å². The van der Waals surface area contributed by atoms with Crippen molar-refractivity contribution in [3.8, 4) is 11.5 Å². The van der Waals surface area contributed by atoms with Crippen molar-refractivity contribution in [2.45, 2.75) is 10.1 Å². The Hall–Kier alpha value is -1.31. The molecular weight excluding hydrogens is 350 g/mol. The molecule has 0 bridgehead atoms. The zero-order valence-electron chi connectivity index (χ0n) is 12.6. The van der Waals surface area contributed by atoms with Crippen molar-refractivity contribution >= 4 is 39.2 Å². The highest BCUT2D eigenvalue weighted by Crippen LogP contribution is 2.33. The summed E-state index contributed by atoms with van der Waals surface area (Å²) in [5.74, 6) is 2.50. The molecule has 122 valence electrons. The van der Waals surface area contributed by atoms with Crippen molar-refractivity contribution < 1.29 is 13.2 Å². The second-order valence-electron chi connectivity index (χ2n) is 5.14. The van der Waals surface area contributed by atoms with Gasteiger partial charge in [-0.15, -0.1) is 0 Å². The molecule has 0 saturated carbocycles. The summed E-state index contributed by atoms with van der Waals surface area (Å²) in [7, 11) is -3.19. The number of rotatable bonds is 7. The van der Waals surface area contributed by atoms with Gasteiger partial charge in [0.05, 0.1) is 10.6 Å². The van der Waals surface area contributed by atoms with Crippen LogP contribution in [0.4, 0.5) is 5.69 Å². The molecule has 2 aromatic carbocycles. The van der Waals surface area contributed by atoms with Gasteiger partial charge in [0, 0.05) is 22.9 Å². The summed E-state index contributed by atoms with van der Waals surface area (Å²) in [6.45, 7) is 0. The molecule has 3 rings (SSSR count). The van der Waals surface area contributed by atoms with Gasteiger partial charge in [-0.3, -0.25) is 0 Å². The number of sulfone groups is 1. The Bertz CT molecular complexity index is 754. The predicted octanol–water partition coefficient (Wildman–Crippen LogP) is 4.06. The third kappa shape index (κ3) is 4.59. The van der Waals surface area contributed by atoms with Crippen LogP contribution in [0.2, 0.25) is 0 Å². The maximum Gasteiger partial charge on any atom is 0.179 e. The average molecular weight is 368 g/mol. The second-order valence-corrected chi connectivity index (χ2v) is 9.12. The van der Waals surface area contributed by atoms with E-state index in [1.54, 1.807) is 36.0 Å². The lowest BCUT2D eigenvalue weighted by atomic mass is 10.3. The first-order valence-corrected chi connectivity index (χ1v) is 11.0. The summed E-state index contributed by atoms with van der Waals surface area (Å²) in [5, 5.41) is 0.268. The lowest BCUT2D eigenvalue weighted by Gasteiger charge is -2.08. The SMILES string of the molecule is CSNc1ccc(Oc2ccc(S(=O)(=O)CC3CS3)cc2)cc1. The molecule has 0 aromatic heterocycles. The van der Waals surface area contributed by atoms with Crippen LogP contribution in [0.1, 0.15) is 0 Å². The van der Waals surface area contributed by atoms with Gasteiger partial charge in [-0.1, -0.05) is 11.9 Å². The molecule has 0 spiro atoms. The number of thioether (sulfide) groups is 1. The molecule has 23 heavy (non-hydrogen) atoms. The Morgan fingerprint density at radius 1 is 1.13 bits per heavy atom. The molecule has 7 heteroatoms. The molecule has 0 amide bonds. The van der Waals surface area contributed by atoms with Crippen LogP contribution in [0.25, 0.3) is 0 Å². The van der Waals surface area contributed by atoms with Gasteiger partial charge in [0.2, 0.25) is 0 Å². The third-order valence-electron chi connectivity index (χ3n) is 3.30. The molecule has 1 aliphatic heterocycles. The van der Waals surface area contributed by atoms with Gasteiger partial charge in [-0.2, -0.15) is 11.8 Å². The first-order valence-electron chi connectivity index (χ1n) is 7.08. The van der Waals surface area contributed by atoms with Crippen molar-refractivity contribution in [3.05, 3.63) is 48.5 Å². The number of hydrogen-bond donors (Lipinski definition) is 1. The fraction of sp³-hybridized carbons (Fsp3) is 0.250. The summed E-state index contributed by atoms with van der Waals surface area (Å²) in [6, 6.07) is 14.2. The quantitative estimate of drug-likeness (QED) is 0.588. The molecule has 1 N–H and O–H groups in total. The van der Waals surface area contributed by atoms with Crippen LogP contribution in [0.5, 0.6) is 11.5 Å². The molecule has 1 aliphatic rings. The fourth-order valence-electron chi connectivity index (χ4n) is 2.07. The van der Waals surface area contributed by atoms with Crippen LogP contribution in [0, 0.1) is 0 Å². The van der Waals surface area contributed by atoms with E-state index in [9.17, 15) is 8.42 Å². The summed E-state index contributed by atoms with van der Waals surface area (Å²) >= 11 is 3.22. The van der Waals surface area contributed by atoms with E-state index in [0.29, 0.717) is 16.4 Å². The molecule has 2 aromatic rings. The Kier molecular flexibility index (Phi) is 5.08. The van der Waals surface area contributed by atoms with Crippen molar-refractivity contribution in [1.29, 1.82) is 0 Å². The van der Waals surface area contributed by atoms with Gasteiger partial charge in [-0.25, -0.2) is 8.42 Å². The molecule has 1 atom stereocenters. The Balaban J connectivity index is 1.67. The molecule has 0 radical (unpaired) electrons. The van der Waals surface area contributed by atoms with Crippen molar-refractivity contribution in [2.24, 2.45) is 0 Å². The minimum absolute atomic E-state index is 0.224. The van der Waals surface area contributed by atoms with E-state index in [0.717, 1.165) is 11.4 Å². The van der Waals surface area contributed by atoms with Gasteiger partial charge in [0.15, 0.2) is 9.84 Å². The van der Waals surface area contributed by atoms with Crippen LogP contribution in [-0.2, 0) is 9.84 Å². The first kappa shape index (κ1) is 16.5. The van der Waals surface area contributed by atoms with E-state index >= 15 is 0 Å². The number of nitrogens with one attached hydrogen (secondary N) is 1. The van der Waals surface area contributed by atoms with E-state index in [1.165, 1.54) is 11.9 Å². The van der Waals surface area contributed by atoms with Crippen LogP contribution < -0.4 is 9.46 Å². The maximum absolute atomic E-state index is 12.2. The van der Waals surface area contributed by atoms with Crippen molar-refractivity contribution in [1.82, 2.24) is 0 Å². The summed E-state index contributed by atoms with van der Waals surface area (Å²) in [6.07, 6.45) is 1.96. The summed E-state index contributed by atoms with van der Waals surface area (Å²) in [5.41, 5.74) is 1.00. The number of anilines is 1. The predicted molar refractivity (Wildman–Crippen MR) is 98.4 cm³/mol. The molecule has 1 heterocycles. The first-order chi connectivity index (χ1) is 11.1. The smallest absolute Gasteiger partial charge is 0.179 e. The Morgan fingerprint density at radius 2 is 1.70 bits per heavy atom. The lowest BCUT2D eigenvalue weighted by Crippen LogP contribution is -2.10. The largest absolute Gasteiger partial charge is 0.457 e. The molecule has 4 nitrogen and oxygen atoms in total. The van der Waals surface area contributed by atoms with E-state index in [-0.39, 0.29) is 11.0 Å². The van der Waals surface area contributed by atoms with Gasteiger partial charge < -0.3 is 9.46 Å². The summed E-state index contributed by atoms with van der Waals surface area (Å²) in [4.78, 5) is 0.358. The highest BCUT2D eigenvalue weighted by molar-refractivity contribution is 8.08. The molecular formula is C16H17NO3S3. The third-order valence-corrected chi connectivity index (χ3v) is 6.75. The number of ether oxygens (including phenoxy) is 1. The van der Waals surface area contributed by atoms with Gasteiger partial charge in [-0.05, 0) is 48.5 Å². The Morgan fingerprint density at radius 3 is 2.22 bits per heavy atom. The number of benzene rings is 2. The van der Waals surface area contributed by atoms with Crippen LogP contribution in [-0.4, -0.2) is 31.4 Å². The highest BCUT2D eigenvalue weighted by Gasteiger charge is 2.29. The number of hydrogen-bond acceptors (Lipinski definition) is 6. The molecule has 1 unspecified atom stereocenters. The highest BCUT2D eigenvalue weighted by atomic mass is 32.2. The molecule has 1 saturated heterocycles. The summed E-state index contributed by atoms with van der Waals surface area (Å²) < 4.78 is 33.3. The van der Waals surface area contributed by atoms with Gasteiger partial charge in [0.1, 0.15) is 11.5 Å². The van der Waals surface area contributed by atoms with Crippen LogP contribution in [0.15, 0.2) is 53.4 Å². The fourth-order valence-corrected chi connectivity index (χ4v) is 5.11. The minimum Gasteiger partial charge on any atom is -0.457 e. The zero-order valence-corrected chi connectivity index (χ0v) is 15.0. The van der Waals surface area contributed by atoms with Crippen molar-refractivity contribution in [2.75, 3.05) is 22.5 Å². The second kappa shape index (κ2) is 7.07. The lowest BCUT2D eigenvalue weighted by molar-refractivity contribution is 0.482. The minimum atomic E-state index is -3.19. The zero-order chi connectivity index (χ0) is 16.3. The van der Waals surface area contributed by atoms with Crippen molar-refractivity contribution in [3.63, 3.8) is 0 Å². The average Bonchev–Trinajstić information content (AvgIpc) is 3.33.